The fourth-order valence-electron chi connectivity index (χ4n) is 1.09. The first kappa shape index (κ1) is 20.4. The van der Waals surface area contributed by atoms with Crippen LogP contribution in [0, 0.1) is 5.92 Å². The molecule has 0 amide bonds. The molecule has 0 aliphatic carbocycles. The van der Waals surface area contributed by atoms with E-state index in [0.29, 0.717) is 25.7 Å². The van der Waals surface area contributed by atoms with E-state index < -0.39 is 8.60 Å². The van der Waals surface area contributed by atoms with Crippen molar-refractivity contribution in [3.63, 3.8) is 0 Å². The Labute approximate surface area is 136 Å². The second-order valence-corrected chi connectivity index (χ2v) is 7.97. The molecule has 0 bridgehead atoms. The van der Waals surface area contributed by atoms with E-state index in [1.165, 1.54) is 0 Å². The Morgan fingerprint density at radius 2 is 1.53 bits per heavy atom. The molecule has 0 aromatic heterocycles. The maximum atomic E-state index is 5.85. The van der Waals surface area contributed by atoms with Gasteiger partial charge in [0.2, 0.25) is 0 Å². The summed E-state index contributed by atoms with van der Waals surface area (Å²) in [4.78, 5) is 0. The first-order chi connectivity index (χ1) is 8.95. The van der Waals surface area contributed by atoms with Crippen LogP contribution in [0.15, 0.2) is 0 Å². The van der Waals surface area contributed by atoms with Crippen LogP contribution in [-0.4, -0.2) is 35.9 Å². The monoisotopic (exact) mass is 396 g/mol. The molecule has 3 unspecified atom stereocenters. The van der Waals surface area contributed by atoms with Gasteiger partial charge in [-0.1, -0.05) is 22.9 Å². The summed E-state index contributed by atoms with van der Waals surface area (Å²) in [6.45, 7) is 7.42. The Balaban J connectivity index is 3.83. The minimum Gasteiger partial charge on any atom is -0.312 e. The van der Waals surface area contributed by atoms with Crippen molar-refractivity contribution < 1.29 is 13.6 Å². The van der Waals surface area contributed by atoms with Crippen LogP contribution < -0.4 is 0 Å². The minimum atomic E-state index is -1.34. The Bertz CT molecular complexity index is 199. The maximum Gasteiger partial charge on any atom is 0.332 e. The molecule has 19 heavy (non-hydrogen) atoms. The van der Waals surface area contributed by atoms with E-state index in [1.54, 1.807) is 0 Å². The molecule has 0 rings (SSSR count). The predicted molar refractivity (Wildman–Crippen MR) is 87.6 cm³/mol. The summed E-state index contributed by atoms with van der Waals surface area (Å²) in [5.41, 5.74) is 0. The van der Waals surface area contributed by atoms with Crippen molar-refractivity contribution in [1.29, 1.82) is 0 Å². The largest absolute Gasteiger partial charge is 0.332 e. The first-order valence-corrected chi connectivity index (χ1v) is 9.57. The second kappa shape index (κ2) is 13.1. The molecule has 0 aliphatic rings. The molecule has 0 aromatic rings. The number of hydrogen-bond donors (Lipinski definition) is 0. The molecule has 7 heteroatoms. The van der Waals surface area contributed by atoms with Gasteiger partial charge in [-0.2, -0.15) is 0 Å². The number of rotatable bonds is 12. The average Bonchev–Trinajstić information content (AvgIpc) is 2.35. The highest BCUT2D eigenvalue weighted by atomic mass is 79.9. The lowest BCUT2D eigenvalue weighted by molar-refractivity contribution is 0.158. The van der Waals surface area contributed by atoms with E-state index in [2.05, 4.69) is 22.9 Å². The summed E-state index contributed by atoms with van der Waals surface area (Å²) in [6.07, 6.45) is 2.11. The highest BCUT2D eigenvalue weighted by molar-refractivity contribution is 9.09. The lowest BCUT2D eigenvalue weighted by Gasteiger charge is -2.18. The fourth-order valence-corrected chi connectivity index (χ4v) is 2.90. The van der Waals surface area contributed by atoms with Crippen LogP contribution in [0.4, 0.5) is 0 Å². The minimum absolute atomic E-state index is 0.0564. The normalized spacial score (nSPS) is 18.0. The van der Waals surface area contributed by atoms with E-state index in [9.17, 15) is 0 Å². The smallest absolute Gasteiger partial charge is 0.312 e. The third-order valence-electron chi connectivity index (χ3n) is 2.12. The number of alkyl halides is 3. The summed E-state index contributed by atoms with van der Waals surface area (Å²) >= 11 is 15.2. The van der Waals surface area contributed by atoms with Crippen molar-refractivity contribution in [2.45, 2.75) is 44.4 Å². The van der Waals surface area contributed by atoms with Crippen LogP contribution >= 0.6 is 47.7 Å². The first-order valence-electron chi connectivity index (χ1n) is 6.48. The molecule has 0 N–H and O–H groups in total. The summed E-state index contributed by atoms with van der Waals surface area (Å²) in [5, 5.41) is 0.903. The van der Waals surface area contributed by atoms with Gasteiger partial charge in [0, 0.05) is 5.33 Å². The van der Waals surface area contributed by atoms with Gasteiger partial charge in [0.25, 0.3) is 0 Å². The zero-order valence-electron chi connectivity index (χ0n) is 11.8. The van der Waals surface area contributed by atoms with Crippen LogP contribution in [0.3, 0.4) is 0 Å². The third kappa shape index (κ3) is 14.1. The van der Waals surface area contributed by atoms with Crippen molar-refractivity contribution >= 4 is 47.7 Å². The van der Waals surface area contributed by atoms with Gasteiger partial charge in [-0.05, 0) is 32.6 Å². The Hall–Kier alpha value is 1.37. The molecule has 3 atom stereocenters. The summed E-state index contributed by atoms with van der Waals surface area (Å²) < 4.78 is 16.6. The molecule has 0 fully saturated rings. The number of halogens is 3. The van der Waals surface area contributed by atoms with E-state index in [4.69, 9.17) is 36.8 Å². The lowest BCUT2D eigenvalue weighted by atomic mass is 10.1. The molecule has 0 saturated heterocycles. The van der Waals surface area contributed by atoms with Gasteiger partial charge in [-0.3, -0.25) is 0 Å². The maximum absolute atomic E-state index is 5.85. The van der Waals surface area contributed by atoms with E-state index >= 15 is 0 Å². The van der Waals surface area contributed by atoms with Gasteiger partial charge in [0.1, 0.15) is 0 Å². The zero-order valence-corrected chi connectivity index (χ0v) is 15.8. The van der Waals surface area contributed by atoms with Crippen molar-refractivity contribution in [1.82, 2.24) is 0 Å². The average molecular weight is 398 g/mol. The van der Waals surface area contributed by atoms with Gasteiger partial charge in [-0.15, -0.1) is 23.2 Å². The standard InChI is InChI=1S/C12H24BrCl2O3P/c1-10(7-13)5-4-6-16-19(17-8-11(2)14)18-9-12(3)15/h10-12H,4-9H2,1-3H3. The Morgan fingerprint density at radius 3 is 1.95 bits per heavy atom. The van der Waals surface area contributed by atoms with Gasteiger partial charge in [0.15, 0.2) is 0 Å². The molecule has 0 spiro atoms. The van der Waals surface area contributed by atoms with Crippen LogP contribution in [0.25, 0.3) is 0 Å². The quantitative estimate of drug-likeness (QED) is 0.253. The Morgan fingerprint density at radius 1 is 1.00 bits per heavy atom. The molecule has 0 aromatic carbocycles. The van der Waals surface area contributed by atoms with Crippen molar-refractivity contribution in [3.05, 3.63) is 0 Å². The highest BCUT2D eigenvalue weighted by Crippen LogP contribution is 2.40. The van der Waals surface area contributed by atoms with Gasteiger partial charge >= 0.3 is 8.60 Å². The second-order valence-electron chi connectivity index (χ2n) is 4.61. The van der Waals surface area contributed by atoms with Crippen molar-refractivity contribution in [2.75, 3.05) is 25.2 Å². The van der Waals surface area contributed by atoms with Crippen molar-refractivity contribution in [2.24, 2.45) is 5.92 Å². The van der Waals surface area contributed by atoms with Crippen LogP contribution in [0.2, 0.25) is 0 Å². The number of hydrogen-bond acceptors (Lipinski definition) is 3. The lowest BCUT2D eigenvalue weighted by Crippen LogP contribution is -2.08. The molecule has 3 nitrogen and oxygen atoms in total. The zero-order chi connectivity index (χ0) is 14.7. The predicted octanol–water partition coefficient (Wildman–Crippen LogP) is 5.33. The topological polar surface area (TPSA) is 27.7 Å². The van der Waals surface area contributed by atoms with E-state index in [0.717, 1.165) is 18.2 Å². The molecular formula is C12H24BrCl2O3P. The van der Waals surface area contributed by atoms with E-state index in [-0.39, 0.29) is 10.8 Å². The highest BCUT2D eigenvalue weighted by Gasteiger charge is 2.15. The van der Waals surface area contributed by atoms with E-state index in [1.807, 2.05) is 13.8 Å². The van der Waals surface area contributed by atoms with Gasteiger partial charge < -0.3 is 13.6 Å². The van der Waals surface area contributed by atoms with Crippen LogP contribution in [0.1, 0.15) is 33.6 Å². The SMILES string of the molecule is CC(Cl)COP(OCCCC(C)CBr)OCC(C)Cl. The summed E-state index contributed by atoms with van der Waals surface area (Å²) in [6, 6.07) is 0. The summed E-state index contributed by atoms with van der Waals surface area (Å²) in [5.74, 6) is 0.655. The molecule has 0 radical (unpaired) electrons. The molecule has 0 aliphatic heterocycles. The fraction of sp³-hybridized carbons (Fsp3) is 1.00. The van der Waals surface area contributed by atoms with Gasteiger partial charge in [-0.25, -0.2) is 0 Å². The molecule has 0 heterocycles. The Kier molecular flexibility index (Phi) is 14.0. The molecule has 116 valence electrons. The van der Waals surface area contributed by atoms with Crippen LogP contribution in [0.5, 0.6) is 0 Å². The third-order valence-corrected chi connectivity index (χ3v) is 4.59. The van der Waals surface area contributed by atoms with Gasteiger partial charge in [0.05, 0.1) is 30.6 Å². The molecular weight excluding hydrogens is 374 g/mol. The van der Waals surface area contributed by atoms with Crippen molar-refractivity contribution in [3.8, 4) is 0 Å². The van der Waals surface area contributed by atoms with Crippen LogP contribution in [-0.2, 0) is 13.6 Å². The summed E-state index contributed by atoms with van der Waals surface area (Å²) in [7, 11) is -1.34. The molecule has 0 saturated carbocycles.